The number of hydrogen-bond acceptors (Lipinski definition) is 5. The van der Waals surface area contributed by atoms with Crippen molar-refractivity contribution in [1.82, 2.24) is 15.6 Å². The molecule has 1 atom stereocenters. The Kier molecular flexibility index (Phi) is 5.43. The van der Waals surface area contributed by atoms with E-state index in [1.54, 1.807) is 0 Å². The summed E-state index contributed by atoms with van der Waals surface area (Å²) in [5.74, 6) is -0.230. The van der Waals surface area contributed by atoms with Gasteiger partial charge in [0.05, 0.1) is 17.2 Å². The van der Waals surface area contributed by atoms with Gasteiger partial charge in [0.1, 0.15) is 6.04 Å². The minimum absolute atomic E-state index is 0.247. The van der Waals surface area contributed by atoms with E-state index >= 15 is 0 Å². The third-order valence-corrected chi connectivity index (χ3v) is 3.17. The van der Waals surface area contributed by atoms with Gasteiger partial charge in [-0.1, -0.05) is 0 Å². The number of nitrogens with one attached hydrogen (secondary N) is 2. The predicted octanol–water partition coefficient (Wildman–Crippen LogP) is 0.502. The first-order valence-corrected chi connectivity index (χ1v) is 6.61. The van der Waals surface area contributed by atoms with Gasteiger partial charge < -0.3 is 10.6 Å². The lowest BCUT2D eigenvalue weighted by atomic mass is 10.3. The zero-order chi connectivity index (χ0) is 12.8. The highest BCUT2D eigenvalue weighted by Crippen LogP contribution is 2.07. The molecule has 2 N–H and O–H groups in total. The van der Waals surface area contributed by atoms with E-state index in [4.69, 9.17) is 0 Å². The summed E-state index contributed by atoms with van der Waals surface area (Å²) in [5, 5.41) is 8.09. The Morgan fingerprint density at radius 1 is 1.59 bits per heavy atom. The highest BCUT2D eigenvalue weighted by Gasteiger charge is 2.17. The van der Waals surface area contributed by atoms with Crippen LogP contribution in [0.2, 0.25) is 0 Å². The van der Waals surface area contributed by atoms with Crippen LogP contribution in [0.3, 0.4) is 0 Å². The largest absolute Gasteiger partial charge is 0.349 e. The summed E-state index contributed by atoms with van der Waals surface area (Å²) in [6, 6.07) is -0.601. The average molecular weight is 273 g/mol. The summed E-state index contributed by atoms with van der Waals surface area (Å²) in [5.41, 5.74) is 0.821. The van der Waals surface area contributed by atoms with Gasteiger partial charge in [0, 0.05) is 18.1 Å². The molecule has 0 fully saturated rings. The number of aryl methyl sites for hydroxylation is 1. The molecule has 0 saturated carbocycles. The molecule has 94 valence electrons. The Balaban J connectivity index is 2.44. The van der Waals surface area contributed by atoms with E-state index in [0.29, 0.717) is 6.54 Å². The highest BCUT2D eigenvalue weighted by molar-refractivity contribution is 7.80. The van der Waals surface area contributed by atoms with Crippen LogP contribution in [0, 0.1) is 6.92 Å². The fourth-order valence-corrected chi connectivity index (χ4v) is 2.10. The second-order valence-corrected chi connectivity index (χ2v) is 4.94. The highest BCUT2D eigenvalue weighted by atomic mass is 32.1. The zero-order valence-corrected chi connectivity index (χ0v) is 11.4. The quantitative estimate of drug-likeness (QED) is 0.684. The average Bonchev–Trinajstić information content (AvgIpc) is 2.68. The van der Waals surface area contributed by atoms with Crippen molar-refractivity contribution in [3.8, 4) is 0 Å². The first-order chi connectivity index (χ1) is 8.02. The summed E-state index contributed by atoms with van der Waals surface area (Å²) in [6.45, 7) is 3.64. The Hall–Kier alpha value is -1.08. The van der Waals surface area contributed by atoms with E-state index in [1.165, 1.54) is 18.3 Å². The summed E-state index contributed by atoms with van der Waals surface area (Å²) >= 11 is 5.56. The molecule has 2 amide bonds. The van der Waals surface area contributed by atoms with Crippen molar-refractivity contribution in [2.24, 2.45) is 0 Å². The van der Waals surface area contributed by atoms with E-state index in [2.05, 4.69) is 28.2 Å². The normalized spacial score (nSPS) is 11.9. The van der Waals surface area contributed by atoms with Crippen LogP contribution in [-0.4, -0.2) is 28.6 Å². The molecule has 0 spiro atoms. The van der Waals surface area contributed by atoms with Gasteiger partial charge in [-0.05, 0) is 6.92 Å². The number of carbonyl (C=O) groups is 2. The number of nitrogens with zero attached hydrogens (tertiary/aromatic N) is 1. The topological polar surface area (TPSA) is 71.1 Å². The Morgan fingerprint density at radius 3 is 2.76 bits per heavy atom. The number of thiol groups is 1. The summed E-state index contributed by atoms with van der Waals surface area (Å²) in [4.78, 5) is 26.8. The lowest BCUT2D eigenvalue weighted by Gasteiger charge is -2.14. The lowest BCUT2D eigenvalue weighted by molar-refractivity contribution is -0.127. The standard InChI is InChI=1S/C10H15N3O2S2/c1-6(14)12-9(4-16)10(15)11-3-8-5-17-7(2)13-8/h5,9,16H,3-4H2,1-2H3,(H,11,15)(H,12,14). The monoisotopic (exact) mass is 273 g/mol. The third kappa shape index (κ3) is 4.74. The van der Waals surface area contributed by atoms with Crippen molar-refractivity contribution < 1.29 is 9.59 Å². The molecule has 0 bridgehead atoms. The molecular weight excluding hydrogens is 258 g/mol. The van der Waals surface area contributed by atoms with Crippen LogP contribution in [0.5, 0.6) is 0 Å². The van der Waals surface area contributed by atoms with E-state index in [0.717, 1.165) is 10.7 Å². The van der Waals surface area contributed by atoms with Gasteiger partial charge in [-0.2, -0.15) is 12.6 Å². The smallest absolute Gasteiger partial charge is 0.243 e. The molecule has 1 aromatic heterocycles. The molecule has 0 aliphatic heterocycles. The SMILES string of the molecule is CC(=O)NC(CS)C(=O)NCc1csc(C)n1. The van der Waals surface area contributed by atoms with Crippen LogP contribution < -0.4 is 10.6 Å². The molecule has 5 nitrogen and oxygen atoms in total. The molecule has 1 rings (SSSR count). The minimum atomic E-state index is -0.601. The van der Waals surface area contributed by atoms with Crippen LogP contribution in [0.4, 0.5) is 0 Å². The van der Waals surface area contributed by atoms with E-state index in [9.17, 15) is 9.59 Å². The predicted molar refractivity (Wildman–Crippen MR) is 70.2 cm³/mol. The first-order valence-electron chi connectivity index (χ1n) is 5.09. The number of rotatable bonds is 5. The fraction of sp³-hybridized carbons (Fsp3) is 0.500. The molecule has 1 unspecified atom stereocenters. The van der Waals surface area contributed by atoms with Crippen LogP contribution >= 0.6 is 24.0 Å². The van der Waals surface area contributed by atoms with E-state index in [-0.39, 0.29) is 17.6 Å². The van der Waals surface area contributed by atoms with Crippen LogP contribution in [-0.2, 0) is 16.1 Å². The maximum atomic E-state index is 11.7. The second-order valence-electron chi connectivity index (χ2n) is 3.51. The molecule has 1 aromatic rings. The van der Waals surface area contributed by atoms with Gasteiger partial charge >= 0.3 is 0 Å². The Bertz CT molecular complexity index is 406. The summed E-state index contributed by atoms with van der Waals surface area (Å²) in [6.07, 6.45) is 0. The van der Waals surface area contributed by atoms with Gasteiger partial charge in [-0.25, -0.2) is 4.98 Å². The molecule has 0 aliphatic rings. The van der Waals surface area contributed by atoms with Crippen LogP contribution in [0.25, 0.3) is 0 Å². The van der Waals surface area contributed by atoms with Gasteiger partial charge in [-0.3, -0.25) is 9.59 Å². The van der Waals surface area contributed by atoms with Crippen molar-refractivity contribution in [2.45, 2.75) is 26.4 Å². The number of amides is 2. The van der Waals surface area contributed by atoms with Crippen molar-refractivity contribution in [3.63, 3.8) is 0 Å². The molecule has 17 heavy (non-hydrogen) atoms. The first kappa shape index (κ1) is 14.0. The molecule has 1 heterocycles. The maximum absolute atomic E-state index is 11.7. The van der Waals surface area contributed by atoms with Gasteiger partial charge in [0.25, 0.3) is 0 Å². The number of aromatic nitrogens is 1. The van der Waals surface area contributed by atoms with Gasteiger partial charge in [0.2, 0.25) is 11.8 Å². The van der Waals surface area contributed by atoms with Crippen molar-refractivity contribution in [3.05, 3.63) is 16.1 Å². The van der Waals surface area contributed by atoms with Crippen LogP contribution in [0.1, 0.15) is 17.6 Å². The molecule has 0 radical (unpaired) electrons. The van der Waals surface area contributed by atoms with Gasteiger partial charge in [-0.15, -0.1) is 11.3 Å². The molecular formula is C10H15N3O2S2. The molecule has 0 aromatic carbocycles. The van der Waals surface area contributed by atoms with Crippen molar-refractivity contribution in [1.29, 1.82) is 0 Å². The molecule has 0 aliphatic carbocycles. The maximum Gasteiger partial charge on any atom is 0.243 e. The second kappa shape index (κ2) is 6.61. The van der Waals surface area contributed by atoms with Crippen molar-refractivity contribution in [2.75, 3.05) is 5.75 Å². The zero-order valence-electron chi connectivity index (χ0n) is 9.69. The Labute approximate surface area is 109 Å². The molecule has 0 saturated heterocycles. The fourth-order valence-electron chi connectivity index (χ4n) is 1.23. The van der Waals surface area contributed by atoms with E-state index in [1.807, 2.05) is 12.3 Å². The number of hydrogen-bond donors (Lipinski definition) is 3. The van der Waals surface area contributed by atoms with Crippen molar-refractivity contribution >= 4 is 35.8 Å². The summed E-state index contributed by atoms with van der Waals surface area (Å²) < 4.78 is 0. The molecule has 7 heteroatoms. The van der Waals surface area contributed by atoms with E-state index < -0.39 is 6.04 Å². The summed E-state index contributed by atoms with van der Waals surface area (Å²) in [7, 11) is 0. The van der Waals surface area contributed by atoms with Gasteiger partial charge in [0.15, 0.2) is 0 Å². The lowest BCUT2D eigenvalue weighted by Crippen LogP contribution is -2.47. The third-order valence-electron chi connectivity index (χ3n) is 1.99. The minimum Gasteiger partial charge on any atom is -0.349 e. The number of thiazole rings is 1. The Morgan fingerprint density at radius 2 is 2.29 bits per heavy atom. The van der Waals surface area contributed by atoms with Crippen LogP contribution in [0.15, 0.2) is 5.38 Å². The number of carbonyl (C=O) groups excluding carboxylic acids is 2.